The van der Waals surface area contributed by atoms with Crippen LogP contribution in [0.2, 0.25) is 0 Å². The van der Waals surface area contributed by atoms with Crippen LogP contribution in [0.1, 0.15) is 142 Å². The maximum atomic E-state index is 5.11. The van der Waals surface area contributed by atoms with E-state index in [2.05, 4.69) is 17.6 Å². The van der Waals surface area contributed by atoms with E-state index in [-0.39, 0.29) is 0 Å². The van der Waals surface area contributed by atoms with Crippen molar-refractivity contribution >= 4 is 5.96 Å². The normalized spacial score (nSPS) is 19.4. The second-order valence-corrected chi connectivity index (χ2v) is 9.71. The lowest BCUT2D eigenvalue weighted by molar-refractivity contribution is 0.404. The molecule has 3 nitrogen and oxygen atoms in total. The quantitative estimate of drug-likeness (QED) is 0.178. The molecule has 0 aromatic rings. The van der Waals surface area contributed by atoms with Crippen molar-refractivity contribution in [2.24, 2.45) is 4.99 Å². The SMILES string of the molecule is CCCCCCCCCCCCCNC(=NC1CCCCC1)NC1CCCCC1. The summed E-state index contributed by atoms with van der Waals surface area (Å²) in [6, 6.07) is 1.20. The van der Waals surface area contributed by atoms with Crippen molar-refractivity contribution in [3.05, 3.63) is 0 Å². The van der Waals surface area contributed by atoms with Crippen LogP contribution in [-0.2, 0) is 0 Å². The molecule has 0 saturated heterocycles. The molecule has 0 aromatic heterocycles. The summed E-state index contributed by atoms with van der Waals surface area (Å²) in [5, 5.41) is 7.47. The fraction of sp³-hybridized carbons (Fsp3) is 0.962. The number of rotatable bonds is 14. The highest BCUT2D eigenvalue weighted by Gasteiger charge is 2.17. The maximum Gasteiger partial charge on any atom is 0.191 e. The lowest BCUT2D eigenvalue weighted by Gasteiger charge is -2.27. The van der Waals surface area contributed by atoms with Crippen molar-refractivity contribution in [1.82, 2.24) is 10.6 Å². The first kappa shape index (κ1) is 24.5. The van der Waals surface area contributed by atoms with E-state index in [9.17, 15) is 0 Å². The molecule has 2 saturated carbocycles. The zero-order valence-electron chi connectivity index (χ0n) is 19.7. The molecule has 0 bridgehead atoms. The van der Waals surface area contributed by atoms with Crippen molar-refractivity contribution in [2.45, 2.75) is 154 Å². The van der Waals surface area contributed by atoms with Crippen LogP contribution >= 0.6 is 0 Å². The first-order valence-corrected chi connectivity index (χ1v) is 13.5. The lowest BCUT2D eigenvalue weighted by atomic mass is 9.95. The molecule has 170 valence electrons. The number of nitrogens with one attached hydrogen (secondary N) is 2. The van der Waals surface area contributed by atoms with Crippen LogP contribution in [0.15, 0.2) is 4.99 Å². The maximum absolute atomic E-state index is 5.11. The van der Waals surface area contributed by atoms with Gasteiger partial charge in [-0.05, 0) is 32.1 Å². The largest absolute Gasteiger partial charge is 0.356 e. The van der Waals surface area contributed by atoms with Crippen molar-refractivity contribution in [3.63, 3.8) is 0 Å². The van der Waals surface area contributed by atoms with Gasteiger partial charge in [0.1, 0.15) is 0 Å². The Morgan fingerprint density at radius 3 is 1.76 bits per heavy atom. The summed E-state index contributed by atoms with van der Waals surface area (Å²) in [6.07, 6.45) is 29.0. The summed E-state index contributed by atoms with van der Waals surface area (Å²) >= 11 is 0. The van der Waals surface area contributed by atoms with Crippen molar-refractivity contribution in [1.29, 1.82) is 0 Å². The average molecular weight is 406 g/mol. The minimum absolute atomic E-state index is 0.555. The number of guanidine groups is 1. The highest BCUT2D eigenvalue weighted by Crippen LogP contribution is 2.21. The predicted molar refractivity (Wildman–Crippen MR) is 129 cm³/mol. The number of hydrogen-bond acceptors (Lipinski definition) is 1. The summed E-state index contributed by atoms with van der Waals surface area (Å²) in [6.45, 7) is 3.38. The number of hydrogen-bond donors (Lipinski definition) is 2. The van der Waals surface area contributed by atoms with E-state index in [4.69, 9.17) is 4.99 Å². The van der Waals surface area contributed by atoms with Gasteiger partial charge in [0.05, 0.1) is 6.04 Å². The average Bonchev–Trinajstić information content (AvgIpc) is 2.76. The molecule has 0 amide bonds. The van der Waals surface area contributed by atoms with Crippen LogP contribution in [0.4, 0.5) is 0 Å². The predicted octanol–water partition coefficient (Wildman–Crippen LogP) is 7.50. The Bertz CT molecular complexity index is 395. The van der Waals surface area contributed by atoms with E-state index in [0.29, 0.717) is 12.1 Å². The first-order valence-electron chi connectivity index (χ1n) is 13.5. The highest BCUT2D eigenvalue weighted by molar-refractivity contribution is 5.80. The summed E-state index contributed by atoms with van der Waals surface area (Å²) in [5.41, 5.74) is 0. The molecule has 0 aliphatic heterocycles. The Kier molecular flexibility index (Phi) is 14.4. The minimum atomic E-state index is 0.555. The summed E-state index contributed by atoms with van der Waals surface area (Å²) in [4.78, 5) is 5.11. The van der Waals surface area contributed by atoms with Gasteiger partial charge < -0.3 is 10.6 Å². The van der Waals surface area contributed by atoms with Crippen molar-refractivity contribution < 1.29 is 0 Å². The fourth-order valence-electron chi connectivity index (χ4n) is 4.96. The zero-order chi connectivity index (χ0) is 20.4. The third-order valence-electron chi connectivity index (χ3n) is 6.91. The molecule has 2 fully saturated rings. The van der Waals surface area contributed by atoms with Gasteiger partial charge in [-0.25, -0.2) is 4.99 Å². The van der Waals surface area contributed by atoms with Gasteiger partial charge in [0, 0.05) is 12.6 Å². The topological polar surface area (TPSA) is 36.4 Å². The Balaban J connectivity index is 1.55. The molecular weight excluding hydrogens is 354 g/mol. The molecule has 0 aromatic carbocycles. The second-order valence-electron chi connectivity index (χ2n) is 9.71. The smallest absolute Gasteiger partial charge is 0.191 e. The molecule has 0 heterocycles. The van der Waals surface area contributed by atoms with Crippen LogP contribution in [0, 0.1) is 0 Å². The van der Waals surface area contributed by atoms with E-state index in [1.54, 1.807) is 0 Å². The molecule has 0 unspecified atom stereocenters. The van der Waals surface area contributed by atoms with Gasteiger partial charge in [0.2, 0.25) is 0 Å². The zero-order valence-corrected chi connectivity index (χ0v) is 19.7. The lowest BCUT2D eigenvalue weighted by Crippen LogP contribution is -2.45. The van der Waals surface area contributed by atoms with E-state index in [1.165, 1.54) is 135 Å². The van der Waals surface area contributed by atoms with E-state index >= 15 is 0 Å². The van der Waals surface area contributed by atoms with Gasteiger partial charge in [0.25, 0.3) is 0 Å². The number of unbranched alkanes of at least 4 members (excludes halogenated alkanes) is 10. The second kappa shape index (κ2) is 17.0. The summed E-state index contributed by atoms with van der Waals surface area (Å²) in [5.74, 6) is 1.12. The van der Waals surface area contributed by atoms with Gasteiger partial charge in [-0.1, -0.05) is 110 Å². The van der Waals surface area contributed by atoms with Crippen molar-refractivity contribution in [3.8, 4) is 0 Å². The van der Waals surface area contributed by atoms with Crippen LogP contribution in [-0.4, -0.2) is 24.6 Å². The van der Waals surface area contributed by atoms with Crippen molar-refractivity contribution in [2.75, 3.05) is 6.54 Å². The molecule has 0 atom stereocenters. The monoisotopic (exact) mass is 405 g/mol. The highest BCUT2D eigenvalue weighted by atomic mass is 15.2. The Morgan fingerprint density at radius 2 is 1.17 bits per heavy atom. The molecular formula is C26H51N3. The fourth-order valence-corrected chi connectivity index (χ4v) is 4.96. The Hall–Kier alpha value is -0.730. The Morgan fingerprint density at radius 1 is 0.655 bits per heavy atom. The summed E-state index contributed by atoms with van der Waals surface area (Å²) in [7, 11) is 0. The van der Waals surface area contributed by atoms with E-state index in [0.717, 1.165) is 12.5 Å². The van der Waals surface area contributed by atoms with E-state index < -0.39 is 0 Å². The minimum Gasteiger partial charge on any atom is -0.356 e. The van der Waals surface area contributed by atoms with Crippen LogP contribution in [0.25, 0.3) is 0 Å². The molecule has 2 aliphatic rings. The number of nitrogens with zero attached hydrogens (tertiary/aromatic N) is 1. The molecule has 2 aliphatic carbocycles. The Labute approximate surface area is 182 Å². The molecule has 0 radical (unpaired) electrons. The van der Waals surface area contributed by atoms with Crippen LogP contribution in [0.5, 0.6) is 0 Å². The molecule has 0 spiro atoms. The first-order chi connectivity index (χ1) is 14.4. The third-order valence-corrected chi connectivity index (χ3v) is 6.91. The molecule has 2 N–H and O–H groups in total. The standard InChI is InChI=1S/C26H51N3/c1-2-3-4-5-6-7-8-9-10-11-18-23-27-26(28-24-19-14-12-15-20-24)29-25-21-16-13-17-22-25/h24-25H,2-23H2,1H3,(H2,27,28,29). The molecule has 29 heavy (non-hydrogen) atoms. The van der Waals surface area contributed by atoms with E-state index in [1.807, 2.05) is 0 Å². The third kappa shape index (κ3) is 12.5. The van der Waals surface area contributed by atoms with Gasteiger partial charge in [-0.2, -0.15) is 0 Å². The molecule has 3 heteroatoms. The van der Waals surface area contributed by atoms with Crippen LogP contribution < -0.4 is 10.6 Å². The van der Waals surface area contributed by atoms with Crippen LogP contribution in [0.3, 0.4) is 0 Å². The van der Waals surface area contributed by atoms with Gasteiger partial charge in [-0.3, -0.25) is 0 Å². The summed E-state index contributed by atoms with van der Waals surface area (Å²) < 4.78 is 0. The van der Waals surface area contributed by atoms with Gasteiger partial charge >= 0.3 is 0 Å². The number of aliphatic imine (C=N–C) groups is 1. The van der Waals surface area contributed by atoms with Gasteiger partial charge in [-0.15, -0.1) is 0 Å². The van der Waals surface area contributed by atoms with Gasteiger partial charge in [0.15, 0.2) is 5.96 Å². The molecule has 2 rings (SSSR count).